The molecule has 1 atom stereocenters. The van der Waals surface area contributed by atoms with Crippen LogP contribution in [-0.2, 0) is 4.79 Å². The second kappa shape index (κ2) is 6.20. The maximum absolute atomic E-state index is 12.8. The van der Waals surface area contributed by atoms with Gasteiger partial charge in [-0.25, -0.2) is 0 Å². The molecule has 1 aromatic carbocycles. The van der Waals surface area contributed by atoms with Crippen LogP contribution in [0.5, 0.6) is 5.75 Å². The van der Waals surface area contributed by atoms with E-state index in [0.717, 1.165) is 28.5 Å². The van der Waals surface area contributed by atoms with Gasteiger partial charge in [-0.2, -0.15) is 0 Å². The van der Waals surface area contributed by atoms with Crippen LogP contribution in [0.25, 0.3) is 5.65 Å². The van der Waals surface area contributed by atoms with Crippen molar-refractivity contribution < 1.29 is 9.53 Å². The number of nitrogens with zero attached hydrogens (tertiary/aromatic N) is 3. The Kier molecular flexibility index (Phi) is 3.87. The normalized spacial score (nSPS) is 16.5. The van der Waals surface area contributed by atoms with Crippen LogP contribution >= 0.6 is 0 Å². The second-order valence-corrected chi connectivity index (χ2v) is 6.58. The zero-order valence-electron chi connectivity index (χ0n) is 14.3. The van der Waals surface area contributed by atoms with E-state index in [4.69, 9.17) is 4.74 Å². The number of carbonyl (C=O) groups is 1. The number of rotatable bonds is 3. The molecule has 3 aromatic rings. The van der Waals surface area contributed by atoms with Gasteiger partial charge in [0.25, 0.3) is 0 Å². The lowest BCUT2D eigenvalue weighted by Gasteiger charge is -2.25. The molecular formula is C19H20N4O2. The van der Waals surface area contributed by atoms with E-state index < -0.39 is 0 Å². The molecule has 1 aliphatic rings. The fraction of sp³-hybridized carbons (Fsp3) is 0.316. The molecule has 1 aliphatic heterocycles. The van der Waals surface area contributed by atoms with Crippen molar-refractivity contribution in [2.45, 2.75) is 32.1 Å². The van der Waals surface area contributed by atoms with Crippen molar-refractivity contribution in [3.8, 4) is 5.75 Å². The Bertz CT molecular complexity index is 932. The van der Waals surface area contributed by atoms with Gasteiger partial charge >= 0.3 is 0 Å². The van der Waals surface area contributed by atoms with Gasteiger partial charge < -0.3 is 10.1 Å². The molecule has 1 amide bonds. The van der Waals surface area contributed by atoms with Gasteiger partial charge in [0.15, 0.2) is 5.65 Å². The summed E-state index contributed by atoms with van der Waals surface area (Å²) in [5.74, 6) is 1.71. The molecule has 0 spiro atoms. The minimum Gasteiger partial charge on any atom is -0.493 e. The third kappa shape index (κ3) is 2.84. The quantitative estimate of drug-likeness (QED) is 0.796. The molecule has 1 unspecified atom stereocenters. The fourth-order valence-electron chi connectivity index (χ4n) is 3.22. The molecule has 0 fully saturated rings. The lowest BCUT2D eigenvalue weighted by molar-refractivity contribution is -0.118. The molecule has 0 saturated heterocycles. The molecular weight excluding hydrogens is 316 g/mol. The van der Waals surface area contributed by atoms with Crippen LogP contribution in [0.2, 0.25) is 0 Å². The summed E-state index contributed by atoms with van der Waals surface area (Å²) < 4.78 is 7.57. The van der Waals surface area contributed by atoms with Crippen molar-refractivity contribution in [3.05, 3.63) is 54.0 Å². The summed E-state index contributed by atoms with van der Waals surface area (Å²) in [7, 11) is 0. The largest absolute Gasteiger partial charge is 0.493 e. The van der Waals surface area contributed by atoms with Crippen molar-refractivity contribution in [1.29, 1.82) is 0 Å². The first-order valence-corrected chi connectivity index (χ1v) is 8.51. The highest BCUT2D eigenvalue weighted by atomic mass is 16.5. The molecule has 0 saturated carbocycles. The van der Waals surface area contributed by atoms with Gasteiger partial charge in [-0.3, -0.25) is 9.20 Å². The predicted molar refractivity (Wildman–Crippen MR) is 95.0 cm³/mol. The molecule has 4 rings (SSSR count). The molecule has 2 aromatic heterocycles. The Hall–Kier alpha value is -2.89. The Morgan fingerprint density at radius 1 is 1.24 bits per heavy atom. The van der Waals surface area contributed by atoms with Crippen LogP contribution in [0, 0.1) is 0 Å². The van der Waals surface area contributed by atoms with Crippen molar-refractivity contribution in [3.63, 3.8) is 0 Å². The number of benzene rings is 1. The topological polar surface area (TPSA) is 68.5 Å². The number of aromatic nitrogens is 3. The molecule has 6 nitrogen and oxygen atoms in total. The highest BCUT2D eigenvalue weighted by Crippen LogP contribution is 2.34. The number of para-hydroxylation sites is 1. The summed E-state index contributed by atoms with van der Waals surface area (Å²) in [5, 5.41) is 11.4. The van der Waals surface area contributed by atoms with Gasteiger partial charge in [0.1, 0.15) is 11.6 Å². The highest BCUT2D eigenvalue weighted by molar-refractivity contribution is 5.96. The number of carbonyl (C=O) groups excluding carboxylic acids is 1. The molecule has 6 heteroatoms. The maximum Gasteiger partial charge on any atom is 0.232 e. The van der Waals surface area contributed by atoms with E-state index in [0.29, 0.717) is 13.0 Å². The number of ether oxygens (including phenoxy) is 1. The Morgan fingerprint density at radius 2 is 2.08 bits per heavy atom. The first-order chi connectivity index (χ1) is 12.1. The van der Waals surface area contributed by atoms with Crippen molar-refractivity contribution in [2.24, 2.45) is 0 Å². The van der Waals surface area contributed by atoms with Gasteiger partial charge in [0.2, 0.25) is 5.91 Å². The molecule has 25 heavy (non-hydrogen) atoms. The molecule has 0 aliphatic carbocycles. The molecule has 128 valence electrons. The van der Waals surface area contributed by atoms with Gasteiger partial charge in [0.05, 0.1) is 18.2 Å². The van der Waals surface area contributed by atoms with E-state index in [9.17, 15) is 4.79 Å². The second-order valence-electron chi connectivity index (χ2n) is 6.58. The summed E-state index contributed by atoms with van der Waals surface area (Å²) in [6.07, 6.45) is 2.56. The molecule has 3 heterocycles. The Morgan fingerprint density at radius 3 is 2.92 bits per heavy atom. The summed E-state index contributed by atoms with van der Waals surface area (Å²) in [6, 6.07) is 11.5. The number of fused-ring (bicyclic) bond motifs is 2. The van der Waals surface area contributed by atoms with E-state index in [-0.39, 0.29) is 17.7 Å². The van der Waals surface area contributed by atoms with Crippen LogP contribution in [0.1, 0.15) is 43.5 Å². The average Bonchev–Trinajstić information content (AvgIpc) is 3.04. The van der Waals surface area contributed by atoms with Crippen LogP contribution in [0.3, 0.4) is 0 Å². The third-order valence-corrected chi connectivity index (χ3v) is 4.49. The van der Waals surface area contributed by atoms with E-state index in [1.807, 2.05) is 47.0 Å². The smallest absolute Gasteiger partial charge is 0.232 e. The lowest BCUT2D eigenvalue weighted by atomic mass is 9.92. The minimum absolute atomic E-state index is 0.0192. The van der Waals surface area contributed by atoms with Crippen LogP contribution in [0.15, 0.2) is 42.6 Å². The summed E-state index contributed by atoms with van der Waals surface area (Å²) in [5.41, 5.74) is 2.46. The van der Waals surface area contributed by atoms with Crippen LogP contribution in [0.4, 0.5) is 5.69 Å². The van der Waals surface area contributed by atoms with E-state index in [2.05, 4.69) is 29.4 Å². The summed E-state index contributed by atoms with van der Waals surface area (Å²) in [4.78, 5) is 12.8. The van der Waals surface area contributed by atoms with Crippen LogP contribution < -0.4 is 10.1 Å². The van der Waals surface area contributed by atoms with E-state index in [1.54, 1.807) is 0 Å². The monoisotopic (exact) mass is 336 g/mol. The van der Waals surface area contributed by atoms with Gasteiger partial charge in [-0.05, 0) is 24.6 Å². The van der Waals surface area contributed by atoms with E-state index in [1.165, 1.54) is 0 Å². The number of amides is 1. The predicted octanol–water partition coefficient (Wildman–Crippen LogP) is 3.36. The van der Waals surface area contributed by atoms with Crippen LogP contribution in [-0.4, -0.2) is 27.1 Å². The van der Waals surface area contributed by atoms with Crippen molar-refractivity contribution in [2.75, 3.05) is 11.9 Å². The zero-order chi connectivity index (χ0) is 17.4. The third-order valence-electron chi connectivity index (χ3n) is 4.49. The number of hydrogen-bond acceptors (Lipinski definition) is 4. The summed E-state index contributed by atoms with van der Waals surface area (Å²) >= 11 is 0. The maximum atomic E-state index is 12.8. The highest BCUT2D eigenvalue weighted by Gasteiger charge is 2.27. The van der Waals surface area contributed by atoms with Gasteiger partial charge in [-0.1, -0.05) is 32.0 Å². The molecule has 0 bridgehead atoms. The first-order valence-electron chi connectivity index (χ1n) is 8.51. The Balaban J connectivity index is 1.61. The number of anilines is 1. The van der Waals surface area contributed by atoms with E-state index >= 15 is 0 Å². The standard InChI is InChI=1S/C19H20N4O2/c1-12(2)18-22-21-17-8-7-13(11-23(17)18)20-19(24)15-9-10-25-16-6-4-3-5-14(15)16/h3-8,11-12,15H,9-10H2,1-2H3,(H,20,24). The fourth-order valence-corrected chi connectivity index (χ4v) is 3.22. The number of nitrogens with one attached hydrogen (secondary N) is 1. The molecule has 1 N–H and O–H groups in total. The van der Waals surface area contributed by atoms with Crippen molar-refractivity contribution in [1.82, 2.24) is 14.6 Å². The number of pyridine rings is 1. The SMILES string of the molecule is CC(C)c1nnc2ccc(NC(=O)C3CCOc4ccccc43)cn12. The van der Waals surface area contributed by atoms with Crippen molar-refractivity contribution >= 4 is 17.2 Å². The average molecular weight is 336 g/mol. The van der Waals surface area contributed by atoms with Gasteiger partial charge in [0, 0.05) is 17.7 Å². The zero-order valence-corrected chi connectivity index (χ0v) is 14.3. The lowest BCUT2D eigenvalue weighted by Crippen LogP contribution is -2.26. The van der Waals surface area contributed by atoms with Gasteiger partial charge in [-0.15, -0.1) is 10.2 Å². The minimum atomic E-state index is -0.203. The number of hydrogen-bond donors (Lipinski definition) is 1. The Labute approximate surface area is 145 Å². The first kappa shape index (κ1) is 15.6. The summed E-state index contributed by atoms with van der Waals surface area (Å²) in [6.45, 7) is 4.69. The molecule has 0 radical (unpaired) electrons.